The Kier molecular flexibility index (Phi) is 5.07. The zero-order chi connectivity index (χ0) is 21.4. The number of anilines is 1. The summed E-state index contributed by atoms with van der Waals surface area (Å²) in [7, 11) is -4.66. The normalized spacial score (nSPS) is 12.8. The first kappa shape index (κ1) is 20.7. The van der Waals surface area contributed by atoms with E-state index >= 15 is 0 Å². The minimum atomic E-state index is -4.80. The van der Waals surface area contributed by atoms with Gasteiger partial charge in [0.15, 0.2) is 0 Å². The standard InChI is InChI=1S/C17H10F6N2O3S/c18-16(19,20)10-2-1-3-12(8-10)29(26,27)25-14-9-11(17(21,22)23)4-5-13(14)15-24-6-7-28-15/h1-9,25H. The number of alkyl halides is 6. The minimum absolute atomic E-state index is 0.126. The molecule has 0 bridgehead atoms. The monoisotopic (exact) mass is 436 g/mol. The van der Waals surface area contributed by atoms with Gasteiger partial charge in [-0.1, -0.05) is 6.07 Å². The molecule has 3 rings (SSSR count). The number of nitrogens with one attached hydrogen (secondary N) is 1. The van der Waals surface area contributed by atoms with E-state index < -0.39 is 44.1 Å². The van der Waals surface area contributed by atoms with Gasteiger partial charge in [-0.15, -0.1) is 0 Å². The fourth-order valence-electron chi connectivity index (χ4n) is 2.39. The Morgan fingerprint density at radius 2 is 1.55 bits per heavy atom. The Balaban J connectivity index is 2.08. The van der Waals surface area contributed by atoms with E-state index in [0.717, 1.165) is 24.5 Å². The van der Waals surface area contributed by atoms with Crippen molar-refractivity contribution in [2.24, 2.45) is 0 Å². The van der Waals surface area contributed by atoms with Crippen LogP contribution in [0.25, 0.3) is 11.5 Å². The van der Waals surface area contributed by atoms with E-state index in [-0.39, 0.29) is 11.5 Å². The van der Waals surface area contributed by atoms with Gasteiger partial charge in [-0.05, 0) is 36.4 Å². The number of halogens is 6. The molecule has 0 amide bonds. The fraction of sp³-hybridized carbons (Fsp3) is 0.118. The maximum absolute atomic E-state index is 13.0. The summed E-state index contributed by atoms with van der Waals surface area (Å²) >= 11 is 0. The molecule has 154 valence electrons. The van der Waals surface area contributed by atoms with Crippen LogP contribution in [0.15, 0.2) is 64.2 Å². The first-order valence-corrected chi connectivity index (χ1v) is 9.17. The predicted octanol–water partition coefficient (Wildman–Crippen LogP) is 5.18. The topological polar surface area (TPSA) is 72.2 Å². The van der Waals surface area contributed by atoms with E-state index in [1.807, 2.05) is 4.72 Å². The number of aromatic nitrogens is 1. The average Bonchev–Trinajstić information content (AvgIpc) is 3.14. The number of nitrogens with zero attached hydrogens (tertiary/aromatic N) is 1. The lowest BCUT2D eigenvalue weighted by atomic mass is 10.1. The molecule has 29 heavy (non-hydrogen) atoms. The van der Waals surface area contributed by atoms with E-state index in [1.165, 1.54) is 6.20 Å². The van der Waals surface area contributed by atoms with Crippen molar-refractivity contribution in [3.63, 3.8) is 0 Å². The molecule has 1 heterocycles. The molecule has 0 aliphatic heterocycles. The summed E-state index contributed by atoms with van der Waals surface area (Å²) < 4.78 is 110. The molecule has 0 aliphatic carbocycles. The van der Waals surface area contributed by atoms with Crippen LogP contribution in [0.4, 0.5) is 32.0 Å². The van der Waals surface area contributed by atoms with Crippen molar-refractivity contribution in [3.05, 3.63) is 66.1 Å². The Morgan fingerprint density at radius 1 is 0.897 bits per heavy atom. The van der Waals surface area contributed by atoms with Gasteiger partial charge >= 0.3 is 12.4 Å². The van der Waals surface area contributed by atoms with Crippen molar-refractivity contribution in [2.45, 2.75) is 17.2 Å². The molecule has 5 nitrogen and oxygen atoms in total. The second-order valence-corrected chi connectivity index (χ2v) is 7.41. The highest BCUT2D eigenvalue weighted by Gasteiger charge is 2.33. The molecule has 0 spiro atoms. The van der Waals surface area contributed by atoms with Crippen molar-refractivity contribution < 1.29 is 39.2 Å². The second-order valence-electron chi connectivity index (χ2n) is 5.73. The third kappa shape index (κ3) is 4.53. The molecule has 0 atom stereocenters. The van der Waals surface area contributed by atoms with Gasteiger partial charge in [-0.25, -0.2) is 13.4 Å². The third-order valence-corrected chi connectivity index (χ3v) is 5.09. The van der Waals surface area contributed by atoms with Crippen LogP contribution < -0.4 is 4.72 Å². The van der Waals surface area contributed by atoms with Crippen molar-refractivity contribution >= 4 is 15.7 Å². The fourth-order valence-corrected chi connectivity index (χ4v) is 3.51. The lowest BCUT2D eigenvalue weighted by molar-refractivity contribution is -0.138. The lowest BCUT2D eigenvalue weighted by Crippen LogP contribution is -2.16. The number of sulfonamides is 1. The summed E-state index contributed by atoms with van der Waals surface area (Å²) in [5, 5.41) is 0. The van der Waals surface area contributed by atoms with E-state index in [9.17, 15) is 34.8 Å². The average molecular weight is 436 g/mol. The molecule has 0 aliphatic rings. The number of hydrogen-bond acceptors (Lipinski definition) is 4. The summed E-state index contributed by atoms with van der Waals surface area (Å²) in [6.45, 7) is 0. The Morgan fingerprint density at radius 3 is 2.14 bits per heavy atom. The van der Waals surface area contributed by atoms with Crippen LogP contribution in [0.1, 0.15) is 11.1 Å². The van der Waals surface area contributed by atoms with Gasteiger partial charge in [0.25, 0.3) is 10.0 Å². The van der Waals surface area contributed by atoms with Gasteiger partial charge in [0.2, 0.25) is 5.89 Å². The number of rotatable bonds is 4. The van der Waals surface area contributed by atoms with Gasteiger partial charge < -0.3 is 4.42 Å². The highest BCUT2D eigenvalue weighted by atomic mass is 32.2. The van der Waals surface area contributed by atoms with Gasteiger partial charge in [0.1, 0.15) is 6.26 Å². The van der Waals surface area contributed by atoms with Crippen LogP contribution in [-0.4, -0.2) is 13.4 Å². The Hall–Kier alpha value is -3.02. The van der Waals surface area contributed by atoms with Crippen molar-refractivity contribution in [1.82, 2.24) is 4.98 Å². The number of oxazole rings is 1. The molecular weight excluding hydrogens is 426 g/mol. The number of benzene rings is 2. The first-order chi connectivity index (χ1) is 13.4. The first-order valence-electron chi connectivity index (χ1n) is 7.69. The van der Waals surface area contributed by atoms with E-state index in [2.05, 4.69) is 4.98 Å². The van der Waals surface area contributed by atoms with Gasteiger partial charge in [-0.3, -0.25) is 4.72 Å². The van der Waals surface area contributed by atoms with Gasteiger partial charge in [-0.2, -0.15) is 26.3 Å². The van der Waals surface area contributed by atoms with E-state index in [4.69, 9.17) is 4.42 Å². The molecule has 12 heteroatoms. The highest BCUT2D eigenvalue weighted by Crippen LogP contribution is 2.37. The zero-order valence-electron chi connectivity index (χ0n) is 14.0. The quantitative estimate of drug-likeness (QED) is 0.572. The van der Waals surface area contributed by atoms with Crippen LogP contribution in [0.2, 0.25) is 0 Å². The van der Waals surface area contributed by atoms with Crippen LogP contribution in [0.3, 0.4) is 0 Å². The molecule has 3 aromatic rings. The largest absolute Gasteiger partial charge is 0.444 e. The second kappa shape index (κ2) is 7.10. The van der Waals surface area contributed by atoms with Crippen molar-refractivity contribution in [1.29, 1.82) is 0 Å². The minimum Gasteiger partial charge on any atom is -0.444 e. The van der Waals surface area contributed by atoms with E-state index in [1.54, 1.807) is 0 Å². The molecule has 2 aromatic carbocycles. The molecule has 1 aromatic heterocycles. The predicted molar refractivity (Wildman–Crippen MR) is 89.2 cm³/mol. The van der Waals surface area contributed by atoms with Gasteiger partial charge in [0, 0.05) is 0 Å². The van der Waals surface area contributed by atoms with Crippen LogP contribution in [-0.2, 0) is 22.4 Å². The summed E-state index contributed by atoms with van der Waals surface area (Å²) in [5.74, 6) is -0.180. The SMILES string of the molecule is O=S(=O)(Nc1cc(C(F)(F)F)ccc1-c1ncco1)c1cccc(C(F)(F)F)c1. The third-order valence-electron chi connectivity index (χ3n) is 3.73. The molecule has 0 saturated carbocycles. The molecular formula is C17H10F6N2O3S. The summed E-state index contributed by atoms with van der Waals surface area (Å²) in [6, 6.07) is 4.95. The zero-order valence-corrected chi connectivity index (χ0v) is 14.9. The van der Waals surface area contributed by atoms with E-state index in [0.29, 0.717) is 24.3 Å². The van der Waals surface area contributed by atoms with Crippen LogP contribution >= 0.6 is 0 Å². The van der Waals surface area contributed by atoms with Crippen molar-refractivity contribution in [2.75, 3.05) is 4.72 Å². The molecule has 0 fully saturated rings. The van der Waals surface area contributed by atoms with Crippen LogP contribution in [0, 0.1) is 0 Å². The summed E-state index contributed by atoms with van der Waals surface area (Å²) in [5.41, 5.74) is -3.08. The van der Waals surface area contributed by atoms with Crippen molar-refractivity contribution in [3.8, 4) is 11.5 Å². The molecule has 0 radical (unpaired) electrons. The summed E-state index contributed by atoms with van der Waals surface area (Å²) in [4.78, 5) is 2.98. The maximum atomic E-state index is 13.0. The molecule has 0 saturated heterocycles. The lowest BCUT2D eigenvalue weighted by Gasteiger charge is -2.15. The maximum Gasteiger partial charge on any atom is 0.416 e. The van der Waals surface area contributed by atoms with Gasteiger partial charge in [0.05, 0.1) is 33.5 Å². The smallest absolute Gasteiger partial charge is 0.416 e. The van der Waals surface area contributed by atoms with Crippen LogP contribution in [0.5, 0.6) is 0 Å². The summed E-state index contributed by atoms with van der Waals surface area (Å²) in [6.07, 6.45) is -7.27. The molecule has 1 N–H and O–H groups in total. The Bertz CT molecular complexity index is 1120. The molecule has 0 unspecified atom stereocenters. The number of hydrogen-bond donors (Lipinski definition) is 1. The highest BCUT2D eigenvalue weighted by molar-refractivity contribution is 7.92. The Labute approximate surface area is 160 Å².